The summed E-state index contributed by atoms with van der Waals surface area (Å²) in [6, 6.07) is 12.5. The van der Waals surface area contributed by atoms with Crippen LogP contribution < -0.4 is 54.1 Å². The first-order valence-electron chi connectivity index (χ1n) is 15.8. The van der Waals surface area contributed by atoms with Crippen LogP contribution in [-0.4, -0.2) is 101 Å². The van der Waals surface area contributed by atoms with Crippen molar-refractivity contribution < 1.29 is 62.0 Å². The lowest BCUT2D eigenvalue weighted by Crippen LogP contribution is -3.00. The summed E-state index contributed by atoms with van der Waals surface area (Å²) in [7, 11) is 8.18. The molecule has 0 saturated heterocycles. The van der Waals surface area contributed by atoms with E-state index in [4.69, 9.17) is 9.47 Å². The lowest BCUT2D eigenvalue weighted by molar-refractivity contribution is -0.882. The second kappa shape index (κ2) is 22.0. The zero-order chi connectivity index (χ0) is 32.6. The van der Waals surface area contributed by atoms with E-state index in [0.717, 1.165) is 53.0 Å². The topological polar surface area (TPSA) is 76.7 Å². The molecule has 46 heavy (non-hydrogen) atoms. The first-order valence-corrected chi connectivity index (χ1v) is 15.8. The van der Waals surface area contributed by atoms with Crippen molar-refractivity contribution in [2.24, 2.45) is 0 Å². The van der Waals surface area contributed by atoms with Crippen LogP contribution in [0.3, 0.4) is 0 Å². The van der Waals surface area contributed by atoms with E-state index in [9.17, 15) is 9.59 Å². The maximum absolute atomic E-state index is 12.3. The monoisotopic (exact) mass is 766 g/mol. The Balaban J connectivity index is 0.0000101. The van der Waals surface area contributed by atoms with Crippen LogP contribution in [-0.2, 0) is 22.4 Å². The quantitative estimate of drug-likeness (QED) is 0.124. The van der Waals surface area contributed by atoms with E-state index >= 15 is 0 Å². The Bertz CT molecular complexity index is 1250. The number of likely N-dealkylation sites (N-methyl/N-ethyl adjacent to an activating group) is 2. The van der Waals surface area contributed by atoms with Crippen molar-refractivity contribution in [3.8, 4) is 22.6 Å². The highest BCUT2D eigenvalue weighted by molar-refractivity contribution is 5.77. The molecule has 0 heterocycles. The van der Waals surface area contributed by atoms with Crippen molar-refractivity contribution in [2.75, 3.05) is 80.7 Å². The zero-order valence-corrected chi connectivity index (χ0v) is 32.0. The van der Waals surface area contributed by atoms with Gasteiger partial charge in [-0.1, -0.05) is 38.1 Å². The summed E-state index contributed by atoms with van der Waals surface area (Å²) in [6.45, 7) is 16.5. The third kappa shape index (κ3) is 15.8. The van der Waals surface area contributed by atoms with Gasteiger partial charge in [0, 0.05) is 18.7 Å². The average molecular weight is 769 g/mol. The van der Waals surface area contributed by atoms with E-state index in [1.165, 1.54) is 0 Å². The van der Waals surface area contributed by atoms with Gasteiger partial charge in [0.1, 0.15) is 37.8 Å². The van der Waals surface area contributed by atoms with Crippen molar-refractivity contribution in [1.29, 1.82) is 0 Å². The molecule has 0 fully saturated rings. The first kappa shape index (κ1) is 43.3. The van der Waals surface area contributed by atoms with Gasteiger partial charge in [-0.3, -0.25) is 9.59 Å². The molecule has 0 atom stereocenters. The number of carbonyl (C=O) groups is 2. The third-order valence-electron chi connectivity index (χ3n) is 7.36. The van der Waals surface area contributed by atoms with Crippen LogP contribution in [0.15, 0.2) is 61.7 Å². The van der Waals surface area contributed by atoms with E-state index in [0.29, 0.717) is 67.9 Å². The number of rotatable bonds is 21. The van der Waals surface area contributed by atoms with Gasteiger partial charge in [0.15, 0.2) is 13.1 Å². The van der Waals surface area contributed by atoms with E-state index in [2.05, 4.69) is 48.1 Å². The molecule has 0 aliphatic rings. The molecule has 0 spiro atoms. The van der Waals surface area contributed by atoms with E-state index in [1.54, 1.807) is 0 Å². The number of hydrogen-bond donors (Lipinski definition) is 2. The van der Waals surface area contributed by atoms with Crippen LogP contribution in [0.5, 0.6) is 11.5 Å². The number of allylic oxidation sites excluding steroid dienone is 2. The van der Waals surface area contributed by atoms with E-state index in [-0.39, 0.29) is 45.8 Å². The molecule has 2 rings (SSSR count). The molecule has 0 aliphatic heterocycles. The summed E-state index contributed by atoms with van der Waals surface area (Å²) in [5.74, 6) is 1.73. The molecule has 0 aliphatic carbocycles. The highest BCUT2D eigenvalue weighted by Crippen LogP contribution is 2.35. The Hall–Kier alpha value is -2.66. The van der Waals surface area contributed by atoms with Crippen LogP contribution in [0.1, 0.15) is 37.8 Å². The molecule has 2 amide bonds. The van der Waals surface area contributed by atoms with Crippen molar-refractivity contribution >= 4 is 11.8 Å². The van der Waals surface area contributed by atoms with Gasteiger partial charge in [-0.25, -0.2) is 0 Å². The van der Waals surface area contributed by atoms with Crippen LogP contribution >= 0.6 is 0 Å². The second-order valence-electron chi connectivity index (χ2n) is 12.7. The van der Waals surface area contributed by atoms with Gasteiger partial charge in [0.25, 0.3) is 11.8 Å². The van der Waals surface area contributed by atoms with Crippen molar-refractivity contribution in [3.63, 3.8) is 0 Å². The molecule has 2 aromatic rings. The van der Waals surface area contributed by atoms with Crippen molar-refractivity contribution in [3.05, 3.63) is 72.8 Å². The van der Waals surface area contributed by atoms with Crippen molar-refractivity contribution in [2.45, 2.75) is 39.5 Å². The van der Waals surface area contributed by atoms with Crippen LogP contribution in [0.25, 0.3) is 11.1 Å². The Morgan fingerprint density at radius 3 is 1.74 bits per heavy atom. The maximum Gasteiger partial charge on any atom is 0.275 e. The van der Waals surface area contributed by atoms with Gasteiger partial charge in [0.2, 0.25) is 0 Å². The number of carbonyl (C=O) groups excluding carboxylic acids is 2. The summed E-state index contributed by atoms with van der Waals surface area (Å²) in [6.07, 6.45) is 7.05. The molecule has 0 bridgehead atoms. The molecule has 10 heteroatoms. The average Bonchev–Trinajstić information content (AvgIpc) is 2.96. The predicted octanol–water partition coefficient (Wildman–Crippen LogP) is -1.22. The highest BCUT2D eigenvalue weighted by atomic mass is 79.9. The lowest BCUT2D eigenvalue weighted by atomic mass is 9.97. The van der Waals surface area contributed by atoms with Gasteiger partial charge >= 0.3 is 0 Å². The number of ether oxygens (including phenoxy) is 2. The number of hydrogen-bond acceptors (Lipinski definition) is 4. The molecule has 0 radical (unpaired) electrons. The minimum atomic E-state index is 0. The lowest BCUT2D eigenvalue weighted by Gasteiger charge is -2.29. The SMILES string of the molecule is C=CCc1ccc(OCC[N+](C)(C)CC(=O)NCCC)c(-c2ccc(OCC[N+](C)(C)CC(=O)NCCC)c(CC=C)c2)c1.[Br-].[Br-]. The van der Waals surface area contributed by atoms with Crippen molar-refractivity contribution in [1.82, 2.24) is 10.6 Å². The smallest absolute Gasteiger partial charge is 0.275 e. The number of halogens is 2. The Morgan fingerprint density at radius 2 is 1.24 bits per heavy atom. The summed E-state index contributed by atoms with van der Waals surface area (Å²) in [5, 5.41) is 5.92. The van der Waals surface area contributed by atoms with E-state index in [1.807, 2.05) is 66.3 Å². The molecule has 0 saturated carbocycles. The number of amides is 2. The summed E-state index contributed by atoms with van der Waals surface area (Å²) < 4.78 is 13.7. The summed E-state index contributed by atoms with van der Waals surface area (Å²) in [4.78, 5) is 24.5. The zero-order valence-electron chi connectivity index (χ0n) is 28.8. The number of nitrogens with one attached hydrogen (secondary N) is 2. The third-order valence-corrected chi connectivity index (χ3v) is 7.36. The molecule has 0 aromatic heterocycles. The first-order chi connectivity index (χ1) is 20.9. The second-order valence-corrected chi connectivity index (χ2v) is 12.7. The summed E-state index contributed by atoms with van der Waals surface area (Å²) >= 11 is 0. The Kier molecular flexibility index (Phi) is 20.7. The molecule has 2 N–H and O–H groups in total. The standard InChI is InChI=1S/C36H54N4O4.2BrH/c1-9-13-29-15-17-34(44-24-22-40(7,8)28-36(42)38-20-12-4)32(25-29)30-16-18-33(31(26-30)14-10-2)43-23-21-39(5,6)27-35(41)37-19-11-3;;/h9-10,15-18,25-26H,1-2,11-14,19-24,27-28H2,3-8H3;2*1H. The molecule has 8 nitrogen and oxygen atoms in total. The molecule has 0 unspecified atom stereocenters. The summed E-state index contributed by atoms with van der Waals surface area (Å²) in [5.41, 5.74) is 4.23. The Morgan fingerprint density at radius 1 is 0.739 bits per heavy atom. The van der Waals surface area contributed by atoms with Gasteiger partial charge < -0.3 is 63.0 Å². The molecular formula is C36H56Br2N4O4. The maximum atomic E-state index is 12.3. The fraction of sp³-hybridized carbons (Fsp3) is 0.500. The van der Waals surface area contributed by atoms with Gasteiger partial charge in [-0.05, 0) is 66.6 Å². The van der Waals surface area contributed by atoms with Gasteiger partial charge in [-0.15, -0.1) is 13.2 Å². The fourth-order valence-corrected chi connectivity index (χ4v) is 4.81. The minimum Gasteiger partial charge on any atom is -1.00 e. The van der Waals surface area contributed by atoms with Gasteiger partial charge in [-0.2, -0.15) is 0 Å². The predicted molar refractivity (Wildman–Crippen MR) is 181 cm³/mol. The number of nitrogens with zero attached hydrogens (tertiary/aromatic N) is 2. The molecule has 258 valence electrons. The normalized spacial score (nSPS) is 11.0. The van der Waals surface area contributed by atoms with E-state index < -0.39 is 0 Å². The molecular weight excluding hydrogens is 712 g/mol. The van der Waals surface area contributed by atoms with Crippen LogP contribution in [0, 0.1) is 0 Å². The van der Waals surface area contributed by atoms with Crippen LogP contribution in [0.4, 0.5) is 0 Å². The fourth-order valence-electron chi connectivity index (χ4n) is 4.81. The van der Waals surface area contributed by atoms with Gasteiger partial charge in [0.05, 0.1) is 28.2 Å². The highest BCUT2D eigenvalue weighted by Gasteiger charge is 2.22. The molecule has 2 aromatic carbocycles. The number of quaternary nitrogens is 2. The Labute approximate surface area is 298 Å². The van der Waals surface area contributed by atoms with Crippen LogP contribution in [0.2, 0.25) is 0 Å². The number of benzene rings is 2. The largest absolute Gasteiger partial charge is 1.00 e. The minimum absolute atomic E-state index is 0.